The van der Waals surface area contributed by atoms with Gasteiger partial charge in [0.1, 0.15) is 0 Å². The fourth-order valence-electron chi connectivity index (χ4n) is 3.59. The molecule has 3 heterocycles. The van der Waals surface area contributed by atoms with Crippen molar-refractivity contribution in [1.82, 2.24) is 4.90 Å². The highest BCUT2D eigenvalue weighted by Gasteiger charge is 2.33. The van der Waals surface area contributed by atoms with Gasteiger partial charge in [0.05, 0.1) is 14.2 Å². The van der Waals surface area contributed by atoms with E-state index in [2.05, 4.69) is 28.5 Å². The summed E-state index contributed by atoms with van der Waals surface area (Å²) in [6.07, 6.45) is 2.21. The Morgan fingerprint density at radius 2 is 1.95 bits per heavy atom. The van der Waals surface area contributed by atoms with E-state index in [1.165, 1.54) is 16.7 Å². The van der Waals surface area contributed by atoms with E-state index in [4.69, 9.17) is 9.47 Å². The lowest BCUT2D eigenvalue weighted by Gasteiger charge is -2.40. The number of nitrogens with zero attached hydrogens (tertiary/aromatic N) is 1. The van der Waals surface area contributed by atoms with Gasteiger partial charge in [-0.1, -0.05) is 0 Å². The molecular weight excluding hydrogens is 282 g/mol. The summed E-state index contributed by atoms with van der Waals surface area (Å²) in [5, 5.41) is 2.22. The molecule has 1 unspecified atom stereocenters. The quantitative estimate of drug-likeness (QED) is 0.848. The van der Waals surface area contributed by atoms with Crippen LogP contribution in [-0.4, -0.2) is 25.7 Å². The van der Waals surface area contributed by atoms with Gasteiger partial charge < -0.3 is 9.47 Å². The van der Waals surface area contributed by atoms with Gasteiger partial charge in [-0.15, -0.1) is 11.3 Å². The third-order valence-electron chi connectivity index (χ3n) is 4.70. The first-order valence-electron chi connectivity index (χ1n) is 7.34. The third-order valence-corrected chi connectivity index (χ3v) is 5.69. The molecule has 0 saturated carbocycles. The van der Waals surface area contributed by atoms with Gasteiger partial charge in [-0.05, 0) is 46.7 Å². The predicted octanol–water partition coefficient (Wildman–Crippen LogP) is 3.42. The molecule has 0 N–H and O–H groups in total. The van der Waals surface area contributed by atoms with Crippen molar-refractivity contribution < 1.29 is 9.47 Å². The van der Waals surface area contributed by atoms with Crippen LogP contribution < -0.4 is 9.47 Å². The second kappa shape index (κ2) is 5.04. The van der Waals surface area contributed by atoms with E-state index in [1.54, 1.807) is 19.1 Å². The fraction of sp³-hybridized carbons (Fsp3) is 0.412. The Morgan fingerprint density at radius 1 is 1.14 bits per heavy atom. The first kappa shape index (κ1) is 13.2. The van der Waals surface area contributed by atoms with Crippen LogP contribution in [0.15, 0.2) is 23.6 Å². The van der Waals surface area contributed by atoms with E-state index in [0.717, 1.165) is 37.4 Å². The number of thiophene rings is 1. The minimum absolute atomic E-state index is 0.486. The summed E-state index contributed by atoms with van der Waals surface area (Å²) in [6.45, 7) is 2.21. The van der Waals surface area contributed by atoms with Gasteiger partial charge in [-0.25, -0.2) is 0 Å². The molecule has 4 rings (SSSR count). The van der Waals surface area contributed by atoms with Gasteiger partial charge in [-0.3, -0.25) is 4.90 Å². The summed E-state index contributed by atoms with van der Waals surface area (Å²) in [5.41, 5.74) is 4.34. The summed E-state index contributed by atoms with van der Waals surface area (Å²) in [7, 11) is 3.42. The van der Waals surface area contributed by atoms with E-state index in [0.29, 0.717) is 6.04 Å². The van der Waals surface area contributed by atoms with Crippen molar-refractivity contribution in [2.45, 2.75) is 25.4 Å². The van der Waals surface area contributed by atoms with Crippen LogP contribution in [0.2, 0.25) is 0 Å². The van der Waals surface area contributed by atoms with Gasteiger partial charge in [0.25, 0.3) is 0 Å². The zero-order valence-corrected chi connectivity index (χ0v) is 13.2. The summed E-state index contributed by atoms with van der Waals surface area (Å²) >= 11 is 1.89. The molecule has 0 aliphatic carbocycles. The molecule has 1 atom stereocenters. The summed E-state index contributed by atoms with van der Waals surface area (Å²) in [5.74, 6) is 1.69. The van der Waals surface area contributed by atoms with Crippen LogP contribution in [0.25, 0.3) is 0 Å². The van der Waals surface area contributed by atoms with Crippen molar-refractivity contribution in [2.75, 3.05) is 20.8 Å². The van der Waals surface area contributed by atoms with E-state index in [9.17, 15) is 0 Å². The number of methoxy groups -OCH3 is 2. The molecule has 2 aromatic rings. The zero-order valence-electron chi connectivity index (χ0n) is 12.4. The predicted molar refractivity (Wildman–Crippen MR) is 84.4 cm³/mol. The topological polar surface area (TPSA) is 21.7 Å². The molecule has 2 aliphatic rings. The highest BCUT2D eigenvalue weighted by atomic mass is 32.1. The fourth-order valence-corrected chi connectivity index (χ4v) is 4.52. The summed E-state index contributed by atoms with van der Waals surface area (Å²) in [4.78, 5) is 4.14. The third kappa shape index (κ3) is 2.05. The normalized spacial score (nSPS) is 20.4. The second-order valence-electron chi connectivity index (χ2n) is 5.72. The standard InChI is InChI=1S/C17H19NO2S/c1-19-15-7-11-3-5-18-10-12-4-6-21-17(12)9-14(18)13(11)8-16(15)20-2/h4,6-8,14H,3,5,9-10H2,1-2H3. The van der Waals surface area contributed by atoms with Crippen molar-refractivity contribution in [2.24, 2.45) is 0 Å². The van der Waals surface area contributed by atoms with Crippen LogP contribution in [0.1, 0.15) is 27.6 Å². The maximum atomic E-state index is 5.50. The van der Waals surface area contributed by atoms with Crippen LogP contribution >= 0.6 is 11.3 Å². The smallest absolute Gasteiger partial charge is 0.161 e. The number of rotatable bonds is 2. The molecular formula is C17H19NO2S. The number of hydrogen-bond acceptors (Lipinski definition) is 4. The molecule has 2 aliphatic heterocycles. The average molecular weight is 301 g/mol. The Kier molecular flexibility index (Phi) is 3.16. The zero-order chi connectivity index (χ0) is 14.4. The van der Waals surface area contributed by atoms with E-state index < -0.39 is 0 Å². The molecule has 0 saturated heterocycles. The molecule has 0 amide bonds. The number of fused-ring (bicyclic) bond motifs is 4. The SMILES string of the molecule is COc1cc2c(cc1OC)C1Cc3sccc3CN1CC2. The van der Waals surface area contributed by atoms with Crippen molar-refractivity contribution in [1.29, 1.82) is 0 Å². The van der Waals surface area contributed by atoms with Crippen molar-refractivity contribution in [3.63, 3.8) is 0 Å². The van der Waals surface area contributed by atoms with Crippen LogP contribution in [-0.2, 0) is 19.4 Å². The van der Waals surface area contributed by atoms with Crippen LogP contribution in [0, 0.1) is 0 Å². The maximum absolute atomic E-state index is 5.50. The highest BCUT2D eigenvalue weighted by Crippen LogP contribution is 2.43. The second-order valence-corrected chi connectivity index (χ2v) is 6.72. The van der Waals surface area contributed by atoms with Crippen LogP contribution in [0.4, 0.5) is 0 Å². The molecule has 1 aromatic carbocycles. The Balaban J connectivity index is 1.78. The molecule has 1 aromatic heterocycles. The first-order valence-corrected chi connectivity index (χ1v) is 8.22. The number of benzene rings is 1. The maximum Gasteiger partial charge on any atom is 0.161 e. The molecule has 0 radical (unpaired) electrons. The molecule has 0 bridgehead atoms. The molecule has 110 valence electrons. The largest absolute Gasteiger partial charge is 0.493 e. The Labute approximate surface area is 129 Å². The number of ether oxygens (including phenoxy) is 2. The summed E-state index contributed by atoms with van der Waals surface area (Å²) < 4.78 is 10.9. The van der Waals surface area contributed by atoms with Gasteiger partial charge >= 0.3 is 0 Å². The Bertz CT molecular complexity index is 679. The monoisotopic (exact) mass is 301 g/mol. The highest BCUT2D eigenvalue weighted by molar-refractivity contribution is 7.10. The number of hydrogen-bond donors (Lipinski definition) is 0. The summed E-state index contributed by atoms with van der Waals surface area (Å²) in [6, 6.07) is 7.11. The van der Waals surface area contributed by atoms with Crippen molar-refractivity contribution in [3.8, 4) is 11.5 Å². The molecule has 21 heavy (non-hydrogen) atoms. The van der Waals surface area contributed by atoms with Crippen LogP contribution in [0.5, 0.6) is 11.5 Å². The van der Waals surface area contributed by atoms with Crippen LogP contribution in [0.3, 0.4) is 0 Å². The molecule has 3 nitrogen and oxygen atoms in total. The lowest BCUT2D eigenvalue weighted by molar-refractivity contribution is 0.162. The van der Waals surface area contributed by atoms with Gasteiger partial charge in [0.15, 0.2) is 11.5 Å². The first-order chi connectivity index (χ1) is 10.3. The lowest BCUT2D eigenvalue weighted by atomic mass is 9.87. The van der Waals surface area contributed by atoms with Gasteiger partial charge in [0.2, 0.25) is 0 Å². The van der Waals surface area contributed by atoms with Gasteiger partial charge in [0, 0.05) is 30.4 Å². The average Bonchev–Trinajstić information content (AvgIpc) is 2.98. The Hall–Kier alpha value is -1.52. The lowest BCUT2D eigenvalue weighted by Crippen LogP contribution is -2.38. The van der Waals surface area contributed by atoms with E-state index in [-0.39, 0.29) is 0 Å². The molecule has 4 heteroatoms. The minimum Gasteiger partial charge on any atom is -0.493 e. The van der Waals surface area contributed by atoms with Crippen molar-refractivity contribution >= 4 is 11.3 Å². The van der Waals surface area contributed by atoms with E-state index in [1.807, 2.05) is 11.3 Å². The minimum atomic E-state index is 0.486. The van der Waals surface area contributed by atoms with Gasteiger partial charge in [-0.2, -0.15) is 0 Å². The van der Waals surface area contributed by atoms with E-state index >= 15 is 0 Å². The Morgan fingerprint density at radius 3 is 2.76 bits per heavy atom. The molecule has 0 spiro atoms. The molecule has 0 fully saturated rings. The van der Waals surface area contributed by atoms with Crippen molar-refractivity contribution in [3.05, 3.63) is 45.1 Å².